The first kappa shape index (κ1) is 14.7. The molecular formula is C14H19FN2O3. The van der Waals surface area contributed by atoms with E-state index in [-0.39, 0.29) is 5.75 Å². The first-order chi connectivity index (χ1) is 9.45. The van der Waals surface area contributed by atoms with Gasteiger partial charge in [0.1, 0.15) is 17.6 Å². The van der Waals surface area contributed by atoms with Crippen molar-refractivity contribution >= 4 is 5.97 Å². The third-order valence-electron chi connectivity index (χ3n) is 3.66. The Hall–Kier alpha value is -1.66. The van der Waals surface area contributed by atoms with E-state index in [2.05, 4.69) is 4.90 Å². The zero-order valence-corrected chi connectivity index (χ0v) is 11.4. The summed E-state index contributed by atoms with van der Waals surface area (Å²) < 4.78 is 13.2. The Morgan fingerprint density at radius 1 is 1.30 bits per heavy atom. The summed E-state index contributed by atoms with van der Waals surface area (Å²) in [4.78, 5) is 15.0. The Bertz CT molecular complexity index is 467. The fraction of sp³-hybridized carbons (Fsp3) is 0.500. The van der Waals surface area contributed by atoms with Gasteiger partial charge in [-0.25, -0.2) is 4.39 Å². The van der Waals surface area contributed by atoms with E-state index in [1.807, 2.05) is 4.90 Å². The maximum absolute atomic E-state index is 13.2. The summed E-state index contributed by atoms with van der Waals surface area (Å²) in [5.74, 6) is -1.33. The van der Waals surface area contributed by atoms with Crippen molar-refractivity contribution in [2.24, 2.45) is 0 Å². The molecule has 1 aliphatic heterocycles. The number of aromatic hydroxyl groups is 1. The molecule has 1 atom stereocenters. The van der Waals surface area contributed by atoms with Crippen molar-refractivity contribution in [3.05, 3.63) is 29.6 Å². The van der Waals surface area contributed by atoms with E-state index in [4.69, 9.17) is 5.11 Å². The summed E-state index contributed by atoms with van der Waals surface area (Å²) in [7, 11) is 0. The standard InChI is InChI=1S/C14H19FN2O3/c1-10(14(19)20)17-4-2-16(3-5-17)9-11-6-12(15)8-13(18)7-11/h6-8,10,18H,2-5,9H2,1H3,(H,19,20). The second-order valence-electron chi connectivity index (χ2n) is 5.14. The molecule has 0 bridgehead atoms. The van der Waals surface area contributed by atoms with Crippen LogP contribution in [0.1, 0.15) is 12.5 Å². The number of piperazine rings is 1. The highest BCUT2D eigenvalue weighted by Crippen LogP contribution is 2.17. The van der Waals surface area contributed by atoms with Gasteiger partial charge in [0.2, 0.25) is 0 Å². The van der Waals surface area contributed by atoms with Crippen molar-refractivity contribution in [1.29, 1.82) is 0 Å². The third kappa shape index (κ3) is 3.68. The molecule has 2 rings (SSSR count). The number of rotatable bonds is 4. The third-order valence-corrected chi connectivity index (χ3v) is 3.66. The fourth-order valence-electron chi connectivity index (χ4n) is 2.45. The molecule has 1 aromatic carbocycles. The number of carboxylic acids is 1. The minimum Gasteiger partial charge on any atom is -0.508 e. The first-order valence-electron chi connectivity index (χ1n) is 6.63. The Labute approximate surface area is 117 Å². The van der Waals surface area contributed by atoms with Gasteiger partial charge >= 0.3 is 5.97 Å². The van der Waals surface area contributed by atoms with Gasteiger partial charge in [0.15, 0.2) is 0 Å². The lowest BCUT2D eigenvalue weighted by molar-refractivity contribution is -0.143. The van der Waals surface area contributed by atoms with Crippen molar-refractivity contribution in [3.63, 3.8) is 0 Å². The molecule has 1 fully saturated rings. The van der Waals surface area contributed by atoms with Crippen LogP contribution in [0.25, 0.3) is 0 Å². The quantitative estimate of drug-likeness (QED) is 0.866. The van der Waals surface area contributed by atoms with Crippen molar-refractivity contribution < 1.29 is 19.4 Å². The normalized spacial score (nSPS) is 18.9. The molecule has 2 N–H and O–H groups in total. The molecule has 0 aliphatic carbocycles. The Morgan fingerprint density at radius 3 is 2.50 bits per heavy atom. The summed E-state index contributed by atoms with van der Waals surface area (Å²) in [5, 5.41) is 18.3. The summed E-state index contributed by atoms with van der Waals surface area (Å²) in [6.07, 6.45) is 0. The molecule has 1 aliphatic rings. The topological polar surface area (TPSA) is 64.0 Å². The van der Waals surface area contributed by atoms with E-state index >= 15 is 0 Å². The van der Waals surface area contributed by atoms with Crippen LogP contribution in [0.15, 0.2) is 18.2 Å². The summed E-state index contributed by atoms with van der Waals surface area (Å²) in [6.45, 7) is 5.05. The lowest BCUT2D eigenvalue weighted by Crippen LogP contribution is -2.51. The number of carboxylic acid groups (broad SMARTS) is 1. The van der Waals surface area contributed by atoms with Crippen LogP contribution in [0.3, 0.4) is 0 Å². The molecule has 0 saturated carbocycles. The number of hydrogen-bond donors (Lipinski definition) is 2. The van der Waals surface area contributed by atoms with Gasteiger partial charge in [-0.3, -0.25) is 14.6 Å². The maximum Gasteiger partial charge on any atom is 0.320 e. The van der Waals surface area contributed by atoms with Crippen LogP contribution >= 0.6 is 0 Å². The lowest BCUT2D eigenvalue weighted by atomic mass is 10.1. The van der Waals surface area contributed by atoms with Gasteiger partial charge in [0.25, 0.3) is 0 Å². The van der Waals surface area contributed by atoms with E-state index in [9.17, 15) is 14.3 Å². The number of phenolic OH excluding ortho intramolecular Hbond substituents is 1. The van der Waals surface area contributed by atoms with E-state index in [0.717, 1.165) is 24.7 Å². The Balaban J connectivity index is 1.89. The van der Waals surface area contributed by atoms with Gasteiger partial charge in [-0.2, -0.15) is 0 Å². The molecule has 1 saturated heterocycles. The molecular weight excluding hydrogens is 263 g/mol. The van der Waals surface area contributed by atoms with Crippen LogP contribution in [0.5, 0.6) is 5.75 Å². The highest BCUT2D eigenvalue weighted by molar-refractivity contribution is 5.72. The lowest BCUT2D eigenvalue weighted by Gasteiger charge is -2.36. The van der Waals surface area contributed by atoms with Gasteiger partial charge in [0.05, 0.1) is 0 Å². The highest BCUT2D eigenvalue weighted by atomic mass is 19.1. The monoisotopic (exact) mass is 282 g/mol. The summed E-state index contributed by atoms with van der Waals surface area (Å²) in [6, 6.07) is 3.56. The molecule has 0 radical (unpaired) electrons. The second-order valence-corrected chi connectivity index (χ2v) is 5.14. The van der Waals surface area contributed by atoms with Crippen LogP contribution in [0.2, 0.25) is 0 Å². The minimum absolute atomic E-state index is 0.0712. The maximum atomic E-state index is 13.2. The summed E-state index contributed by atoms with van der Waals surface area (Å²) >= 11 is 0. The highest BCUT2D eigenvalue weighted by Gasteiger charge is 2.25. The Morgan fingerprint density at radius 2 is 1.95 bits per heavy atom. The summed E-state index contributed by atoms with van der Waals surface area (Å²) in [5.41, 5.74) is 0.724. The molecule has 1 unspecified atom stereocenters. The van der Waals surface area contributed by atoms with Crippen molar-refractivity contribution in [2.45, 2.75) is 19.5 Å². The van der Waals surface area contributed by atoms with Crippen LogP contribution in [0.4, 0.5) is 4.39 Å². The average Bonchev–Trinajstić information content (AvgIpc) is 2.37. The van der Waals surface area contributed by atoms with Gasteiger partial charge in [-0.1, -0.05) is 0 Å². The van der Waals surface area contributed by atoms with E-state index < -0.39 is 17.8 Å². The largest absolute Gasteiger partial charge is 0.508 e. The number of aliphatic carboxylic acids is 1. The second kappa shape index (κ2) is 6.19. The van der Waals surface area contributed by atoms with Crippen molar-refractivity contribution in [2.75, 3.05) is 26.2 Å². The fourth-order valence-corrected chi connectivity index (χ4v) is 2.45. The molecule has 0 amide bonds. The molecule has 1 aromatic rings. The van der Waals surface area contributed by atoms with Crippen LogP contribution in [0, 0.1) is 5.82 Å². The molecule has 1 heterocycles. The average molecular weight is 282 g/mol. The van der Waals surface area contributed by atoms with E-state index in [1.165, 1.54) is 6.07 Å². The molecule has 6 heteroatoms. The number of halogens is 1. The van der Waals surface area contributed by atoms with Crippen LogP contribution < -0.4 is 0 Å². The predicted octanol–water partition coefficient (Wildman–Crippen LogP) is 1.12. The number of benzene rings is 1. The van der Waals surface area contributed by atoms with Crippen LogP contribution in [-0.4, -0.2) is 58.2 Å². The number of hydrogen-bond acceptors (Lipinski definition) is 4. The van der Waals surface area contributed by atoms with Crippen LogP contribution in [-0.2, 0) is 11.3 Å². The smallest absolute Gasteiger partial charge is 0.320 e. The van der Waals surface area contributed by atoms with Gasteiger partial charge < -0.3 is 10.2 Å². The Kier molecular flexibility index (Phi) is 4.57. The SMILES string of the molecule is CC(C(=O)O)N1CCN(Cc2cc(O)cc(F)c2)CC1. The molecule has 0 spiro atoms. The molecule has 20 heavy (non-hydrogen) atoms. The van der Waals surface area contributed by atoms with Crippen molar-refractivity contribution in [1.82, 2.24) is 9.80 Å². The predicted molar refractivity (Wildman–Crippen MR) is 72.0 cm³/mol. The van der Waals surface area contributed by atoms with E-state index in [0.29, 0.717) is 19.6 Å². The van der Waals surface area contributed by atoms with Gasteiger partial charge in [-0.15, -0.1) is 0 Å². The van der Waals surface area contributed by atoms with Gasteiger partial charge in [-0.05, 0) is 24.6 Å². The molecule has 110 valence electrons. The van der Waals surface area contributed by atoms with Gasteiger partial charge in [0, 0.05) is 38.8 Å². The number of nitrogens with zero attached hydrogens (tertiary/aromatic N) is 2. The zero-order chi connectivity index (χ0) is 14.7. The minimum atomic E-state index is -0.812. The molecule has 0 aromatic heterocycles. The first-order valence-corrected chi connectivity index (χ1v) is 6.63. The van der Waals surface area contributed by atoms with E-state index in [1.54, 1.807) is 13.0 Å². The molecule has 5 nitrogen and oxygen atoms in total. The number of carbonyl (C=O) groups is 1. The van der Waals surface area contributed by atoms with Crippen molar-refractivity contribution in [3.8, 4) is 5.75 Å². The zero-order valence-electron chi connectivity index (χ0n) is 11.4. The number of phenols is 1.